The van der Waals surface area contributed by atoms with E-state index in [1.165, 1.54) is 5.56 Å². The van der Waals surface area contributed by atoms with Gasteiger partial charge in [-0.25, -0.2) is 9.97 Å². The molecular formula is C18H26N6O. The van der Waals surface area contributed by atoms with Crippen molar-refractivity contribution < 1.29 is 4.74 Å². The fourth-order valence-electron chi connectivity index (χ4n) is 2.97. The van der Waals surface area contributed by atoms with Crippen molar-refractivity contribution in [3.63, 3.8) is 0 Å². The molecule has 0 unspecified atom stereocenters. The van der Waals surface area contributed by atoms with E-state index < -0.39 is 0 Å². The molecule has 0 aromatic carbocycles. The zero-order chi connectivity index (χ0) is 17.6. The van der Waals surface area contributed by atoms with Gasteiger partial charge >= 0.3 is 0 Å². The Morgan fingerprint density at radius 3 is 2.60 bits per heavy atom. The summed E-state index contributed by atoms with van der Waals surface area (Å²) in [6.45, 7) is 9.74. The topological polar surface area (TPSA) is 66.4 Å². The Kier molecular flexibility index (Phi) is 5.65. The van der Waals surface area contributed by atoms with E-state index in [0.717, 1.165) is 50.8 Å². The number of pyridine rings is 1. The second kappa shape index (κ2) is 8.11. The van der Waals surface area contributed by atoms with Crippen LogP contribution in [0.25, 0.3) is 0 Å². The van der Waals surface area contributed by atoms with Crippen LogP contribution in [0.15, 0.2) is 24.4 Å². The summed E-state index contributed by atoms with van der Waals surface area (Å²) in [5, 5.41) is 3.20. The first-order valence-corrected chi connectivity index (χ1v) is 8.73. The average Bonchev–Trinajstić information content (AvgIpc) is 2.63. The van der Waals surface area contributed by atoms with Crippen molar-refractivity contribution >= 4 is 11.8 Å². The van der Waals surface area contributed by atoms with Crippen LogP contribution in [0.2, 0.25) is 0 Å². The van der Waals surface area contributed by atoms with Crippen molar-refractivity contribution in [2.75, 3.05) is 50.1 Å². The zero-order valence-corrected chi connectivity index (χ0v) is 15.2. The van der Waals surface area contributed by atoms with Crippen molar-refractivity contribution in [1.29, 1.82) is 0 Å². The molecule has 0 atom stereocenters. The molecule has 25 heavy (non-hydrogen) atoms. The molecule has 0 spiro atoms. The van der Waals surface area contributed by atoms with Crippen LogP contribution in [0.4, 0.5) is 11.8 Å². The molecule has 1 aliphatic rings. The average molecular weight is 342 g/mol. The highest BCUT2D eigenvalue weighted by molar-refractivity contribution is 5.45. The molecule has 7 nitrogen and oxygen atoms in total. The molecular weight excluding hydrogens is 316 g/mol. The van der Waals surface area contributed by atoms with Gasteiger partial charge in [0.2, 0.25) is 11.8 Å². The number of aromatic nitrogens is 3. The molecule has 0 amide bonds. The lowest BCUT2D eigenvalue weighted by atomic mass is 10.2. The third-order valence-electron chi connectivity index (χ3n) is 4.28. The fourth-order valence-corrected chi connectivity index (χ4v) is 2.97. The minimum absolute atomic E-state index is 0.657. The fraction of sp³-hybridized carbons (Fsp3) is 0.500. The monoisotopic (exact) mass is 342 g/mol. The van der Waals surface area contributed by atoms with Gasteiger partial charge in [-0.15, -0.1) is 0 Å². The van der Waals surface area contributed by atoms with Gasteiger partial charge in [0.15, 0.2) is 0 Å². The van der Waals surface area contributed by atoms with Crippen molar-refractivity contribution in [1.82, 2.24) is 19.9 Å². The highest BCUT2D eigenvalue weighted by atomic mass is 16.5. The quantitative estimate of drug-likeness (QED) is 0.860. The number of ether oxygens (including phenoxy) is 1. The van der Waals surface area contributed by atoms with Crippen LogP contribution >= 0.6 is 0 Å². The van der Waals surface area contributed by atoms with Gasteiger partial charge in [-0.05, 0) is 19.4 Å². The highest BCUT2D eigenvalue weighted by Crippen LogP contribution is 2.18. The zero-order valence-electron chi connectivity index (χ0n) is 15.2. The molecule has 0 radical (unpaired) electrons. The number of rotatable bonds is 6. The molecule has 7 heteroatoms. The van der Waals surface area contributed by atoms with Gasteiger partial charge < -0.3 is 15.0 Å². The molecule has 3 rings (SSSR count). The first-order valence-electron chi connectivity index (χ1n) is 8.73. The molecule has 2 aromatic rings. The number of nitrogens with one attached hydrogen (secondary N) is 1. The third-order valence-corrected chi connectivity index (χ3v) is 4.28. The van der Waals surface area contributed by atoms with Gasteiger partial charge in [0.05, 0.1) is 7.11 Å². The van der Waals surface area contributed by atoms with Gasteiger partial charge in [-0.3, -0.25) is 4.90 Å². The predicted molar refractivity (Wildman–Crippen MR) is 99.2 cm³/mol. The van der Waals surface area contributed by atoms with E-state index in [0.29, 0.717) is 11.8 Å². The van der Waals surface area contributed by atoms with Gasteiger partial charge in [0, 0.05) is 63.3 Å². The van der Waals surface area contributed by atoms with Crippen LogP contribution in [0, 0.1) is 6.92 Å². The van der Waals surface area contributed by atoms with E-state index in [-0.39, 0.29) is 0 Å². The van der Waals surface area contributed by atoms with Crippen LogP contribution in [-0.4, -0.2) is 59.7 Å². The van der Waals surface area contributed by atoms with Gasteiger partial charge in [0.25, 0.3) is 0 Å². The van der Waals surface area contributed by atoms with Crippen LogP contribution in [0.1, 0.15) is 18.2 Å². The minimum atomic E-state index is 0.657. The van der Waals surface area contributed by atoms with Gasteiger partial charge in [-0.1, -0.05) is 6.07 Å². The molecule has 0 aliphatic carbocycles. The van der Waals surface area contributed by atoms with Crippen LogP contribution < -0.4 is 15.0 Å². The lowest BCUT2D eigenvalue weighted by Crippen LogP contribution is -2.46. The Balaban J connectivity index is 1.58. The lowest BCUT2D eigenvalue weighted by Gasteiger charge is -2.35. The molecule has 1 N–H and O–H groups in total. The van der Waals surface area contributed by atoms with E-state index in [4.69, 9.17) is 4.74 Å². The Bertz CT molecular complexity index is 682. The summed E-state index contributed by atoms with van der Waals surface area (Å²) in [6.07, 6.45) is 1.89. The number of anilines is 2. The summed E-state index contributed by atoms with van der Waals surface area (Å²) in [4.78, 5) is 18.1. The van der Waals surface area contributed by atoms with Crippen molar-refractivity contribution in [3.05, 3.63) is 35.7 Å². The van der Waals surface area contributed by atoms with E-state index in [1.54, 1.807) is 7.11 Å². The van der Waals surface area contributed by atoms with E-state index in [1.807, 2.05) is 19.2 Å². The van der Waals surface area contributed by atoms with Crippen LogP contribution in [-0.2, 0) is 6.54 Å². The second-order valence-electron chi connectivity index (χ2n) is 6.19. The molecule has 2 aromatic heterocycles. The smallest absolute Gasteiger partial charge is 0.224 e. The summed E-state index contributed by atoms with van der Waals surface area (Å²) >= 11 is 0. The highest BCUT2D eigenvalue weighted by Gasteiger charge is 2.19. The second-order valence-corrected chi connectivity index (χ2v) is 6.19. The first kappa shape index (κ1) is 17.4. The Morgan fingerprint density at radius 2 is 1.96 bits per heavy atom. The predicted octanol–water partition coefficient (Wildman–Crippen LogP) is 1.94. The lowest BCUT2D eigenvalue weighted by molar-refractivity contribution is 0.249. The summed E-state index contributed by atoms with van der Waals surface area (Å²) < 4.78 is 5.11. The van der Waals surface area contributed by atoms with E-state index >= 15 is 0 Å². The van der Waals surface area contributed by atoms with Crippen molar-refractivity contribution in [2.24, 2.45) is 0 Å². The van der Waals surface area contributed by atoms with Gasteiger partial charge in [-0.2, -0.15) is 4.98 Å². The molecule has 3 heterocycles. The maximum Gasteiger partial charge on any atom is 0.224 e. The molecule has 1 fully saturated rings. The normalized spacial score (nSPS) is 15.2. The number of aryl methyl sites for hydroxylation is 1. The number of methoxy groups -OCH3 is 1. The Labute approximate surface area is 149 Å². The van der Waals surface area contributed by atoms with Crippen LogP contribution in [0.3, 0.4) is 0 Å². The van der Waals surface area contributed by atoms with Crippen molar-refractivity contribution in [3.8, 4) is 5.88 Å². The van der Waals surface area contributed by atoms with Crippen LogP contribution in [0.5, 0.6) is 5.88 Å². The molecule has 1 aliphatic heterocycles. The Hall–Kier alpha value is -2.41. The maximum atomic E-state index is 5.11. The Morgan fingerprint density at radius 1 is 1.16 bits per heavy atom. The SMILES string of the molecule is CCNc1nc(C)cc(N2CCN(Cc3ccc(OC)nc3)CC2)n1. The first-order chi connectivity index (χ1) is 12.2. The molecule has 1 saturated heterocycles. The van der Waals surface area contributed by atoms with Crippen molar-refractivity contribution in [2.45, 2.75) is 20.4 Å². The third kappa shape index (κ3) is 4.57. The minimum Gasteiger partial charge on any atom is -0.481 e. The number of hydrogen-bond donors (Lipinski definition) is 1. The van der Waals surface area contributed by atoms with E-state index in [2.05, 4.69) is 49.1 Å². The van der Waals surface area contributed by atoms with E-state index in [9.17, 15) is 0 Å². The largest absolute Gasteiger partial charge is 0.481 e. The molecule has 0 bridgehead atoms. The van der Waals surface area contributed by atoms with Gasteiger partial charge in [0.1, 0.15) is 5.82 Å². The molecule has 0 saturated carbocycles. The standard InChI is InChI=1S/C18H26N6O/c1-4-19-18-21-14(2)11-16(22-18)24-9-7-23(8-10-24)13-15-5-6-17(25-3)20-12-15/h5-6,11-12H,4,7-10,13H2,1-3H3,(H,19,21,22). The number of piperazine rings is 1. The summed E-state index contributed by atoms with van der Waals surface area (Å²) in [6, 6.07) is 6.05. The summed E-state index contributed by atoms with van der Waals surface area (Å²) in [7, 11) is 1.64. The molecule has 134 valence electrons. The number of hydrogen-bond acceptors (Lipinski definition) is 7. The summed E-state index contributed by atoms with van der Waals surface area (Å²) in [5.41, 5.74) is 2.20. The summed E-state index contributed by atoms with van der Waals surface area (Å²) in [5.74, 6) is 2.38. The maximum absolute atomic E-state index is 5.11. The number of nitrogens with zero attached hydrogens (tertiary/aromatic N) is 5.